The maximum absolute atomic E-state index is 10.6. The number of carbonyl (C=O) groups is 1. The molecule has 0 bridgehead atoms. The van der Waals surface area contributed by atoms with E-state index in [1.165, 1.54) is 0 Å². The smallest absolute Gasteiger partial charge is 0.333 e. The maximum Gasteiger partial charge on any atom is 0.333 e. The Morgan fingerprint density at radius 2 is 1.85 bits per heavy atom. The van der Waals surface area contributed by atoms with Gasteiger partial charge in [0.05, 0.1) is 19.8 Å². The summed E-state index contributed by atoms with van der Waals surface area (Å²) in [6, 6.07) is 0. The van der Waals surface area contributed by atoms with Crippen molar-refractivity contribution in [2.24, 2.45) is 0 Å². The van der Waals surface area contributed by atoms with Crippen LogP contribution in [0.1, 0.15) is 20.3 Å². The number of hydrogen-bond donors (Lipinski definition) is 2. The van der Waals surface area contributed by atoms with Crippen LogP contribution in [0.3, 0.4) is 0 Å². The molecule has 0 aliphatic rings. The molecule has 0 rings (SSSR count). The van der Waals surface area contributed by atoms with Gasteiger partial charge in [-0.15, -0.1) is 0 Å². The summed E-state index contributed by atoms with van der Waals surface area (Å²) in [5, 5.41) is 15.2. The van der Waals surface area contributed by atoms with Gasteiger partial charge in [0.15, 0.2) is 0 Å². The molecule has 0 aliphatic heterocycles. The SMILES string of the molecule is C=C(C)C(=O)OCCC.OCCO. The second-order valence-corrected chi connectivity index (χ2v) is 2.36. The Morgan fingerprint density at radius 3 is 2.08 bits per heavy atom. The average molecular weight is 190 g/mol. The first-order chi connectivity index (χ1) is 6.09. The van der Waals surface area contributed by atoms with Gasteiger partial charge in [-0.25, -0.2) is 4.79 Å². The summed E-state index contributed by atoms with van der Waals surface area (Å²) in [5.41, 5.74) is 0.462. The summed E-state index contributed by atoms with van der Waals surface area (Å²) >= 11 is 0. The highest BCUT2D eigenvalue weighted by molar-refractivity contribution is 5.86. The molecule has 0 spiro atoms. The minimum absolute atomic E-state index is 0.125. The van der Waals surface area contributed by atoms with Crippen molar-refractivity contribution in [3.05, 3.63) is 12.2 Å². The summed E-state index contributed by atoms with van der Waals surface area (Å²) < 4.78 is 4.71. The number of carbonyl (C=O) groups excluding carboxylic acids is 1. The Kier molecular flexibility index (Phi) is 12.5. The van der Waals surface area contributed by atoms with Gasteiger partial charge in [-0.05, 0) is 13.3 Å². The lowest BCUT2D eigenvalue weighted by atomic mass is 10.4. The number of hydrogen-bond acceptors (Lipinski definition) is 4. The third-order valence-electron chi connectivity index (χ3n) is 0.886. The average Bonchev–Trinajstić information content (AvgIpc) is 2.14. The zero-order chi connectivity index (χ0) is 10.7. The molecule has 13 heavy (non-hydrogen) atoms. The van der Waals surface area contributed by atoms with E-state index in [2.05, 4.69) is 6.58 Å². The predicted molar refractivity (Wildman–Crippen MR) is 50.2 cm³/mol. The van der Waals surface area contributed by atoms with Crippen LogP contribution in [0.4, 0.5) is 0 Å². The van der Waals surface area contributed by atoms with Gasteiger partial charge in [-0.2, -0.15) is 0 Å². The van der Waals surface area contributed by atoms with Crippen molar-refractivity contribution in [2.75, 3.05) is 19.8 Å². The maximum atomic E-state index is 10.6. The van der Waals surface area contributed by atoms with Crippen molar-refractivity contribution in [3.63, 3.8) is 0 Å². The van der Waals surface area contributed by atoms with Crippen molar-refractivity contribution in [1.29, 1.82) is 0 Å². The predicted octanol–water partition coefficient (Wildman–Crippen LogP) is 0.487. The summed E-state index contributed by atoms with van der Waals surface area (Å²) in [4.78, 5) is 10.6. The monoisotopic (exact) mass is 190 g/mol. The van der Waals surface area contributed by atoms with Crippen molar-refractivity contribution in [2.45, 2.75) is 20.3 Å². The summed E-state index contributed by atoms with van der Waals surface area (Å²) in [6.45, 7) is 7.26. The van der Waals surface area contributed by atoms with E-state index in [0.717, 1.165) is 6.42 Å². The molecule has 0 heterocycles. The van der Waals surface area contributed by atoms with E-state index in [-0.39, 0.29) is 19.2 Å². The zero-order valence-corrected chi connectivity index (χ0v) is 8.25. The van der Waals surface area contributed by atoms with Crippen molar-refractivity contribution >= 4 is 5.97 Å². The van der Waals surface area contributed by atoms with Gasteiger partial charge >= 0.3 is 5.97 Å². The van der Waals surface area contributed by atoms with Crippen LogP contribution < -0.4 is 0 Å². The van der Waals surface area contributed by atoms with E-state index in [4.69, 9.17) is 14.9 Å². The highest BCUT2D eigenvalue weighted by Gasteiger charge is 1.99. The molecule has 0 aromatic carbocycles. The van der Waals surface area contributed by atoms with Crippen LogP contribution in [0, 0.1) is 0 Å². The van der Waals surface area contributed by atoms with Crippen LogP contribution >= 0.6 is 0 Å². The first kappa shape index (κ1) is 14.6. The van der Waals surface area contributed by atoms with Crippen molar-refractivity contribution in [1.82, 2.24) is 0 Å². The first-order valence-electron chi connectivity index (χ1n) is 4.14. The van der Waals surface area contributed by atoms with Gasteiger partial charge in [0, 0.05) is 5.57 Å². The van der Waals surface area contributed by atoms with Crippen molar-refractivity contribution < 1.29 is 19.7 Å². The minimum Gasteiger partial charge on any atom is -0.462 e. The van der Waals surface area contributed by atoms with Gasteiger partial charge in [-0.3, -0.25) is 0 Å². The molecular formula is C9H18O4. The van der Waals surface area contributed by atoms with Crippen LogP contribution in [-0.4, -0.2) is 36.0 Å². The normalized spacial score (nSPS) is 8.31. The summed E-state index contributed by atoms with van der Waals surface area (Å²) in [6.07, 6.45) is 0.860. The lowest BCUT2D eigenvalue weighted by molar-refractivity contribution is -0.138. The molecular weight excluding hydrogens is 172 g/mol. The largest absolute Gasteiger partial charge is 0.462 e. The molecule has 0 unspecified atom stereocenters. The molecule has 2 N–H and O–H groups in total. The highest BCUT2D eigenvalue weighted by atomic mass is 16.5. The lowest BCUT2D eigenvalue weighted by Crippen LogP contribution is -2.04. The van der Waals surface area contributed by atoms with Gasteiger partial charge < -0.3 is 14.9 Å². The Labute approximate surface area is 78.8 Å². The Hall–Kier alpha value is -0.870. The summed E-state index contributed by atoms with van der Waals surface area (Å²) in [7, 11) is 0. The van der Waals surface area contributed by atoms with Crippen LogP contribution in [0.5, 0.6) is 0 Å². The topological polar surface area (TPSA) is 66.8 Å². The second kappa shape index (κ2) is 11.1. The van der Waals surface area contributed by atoms with Gasteiger partial charge in [-0.1, -0.05) is 13.5 Å². The first-order valence-corrected chi connectivity index (χ1v) is 4.14. The number of rotatable bonds is 4. The van der Waals surface area contributed by atoms with E-state index in [1.807, 2.05) is 6.92 Å². The van der Waals surface area contributed by atoms with Crippen LogP contribution in [-0.2, 0) is 9.53 Å². The fourth-order valence-corrected chi connectivity index (χ4v) is 0.318. The van der Waals surface area contributed by atoms with E-state index >= 15 is 0 Å². The lowest BCUT2D eigenvalue weighted by Gasteiger charge is -1.99. The minimum atomic E-state index is -0.295. The molecule has 4 heteroatoms. The highest BCUT2D eigenvalue weighted by Crippen LogP contribution is 1.91. The van der Waals surface area contributed by atoms with Crippen LogP contribution in [0.2, 0.25) is 0 Å². The molecule has 0 atom stereocenters. The third-order valence-corrected chi connectivity index (χ3v) is 0.886. The Balaban J connectivity index is 0. The van der Waals surface area contributed by atoms with E-state index < -0.39 is 0 Å². The van der Waals surface area contributed by atoms with Crippen LogP contribution in [0.15, 0.2) is 12.2 Å². The molecule has 0 fully saturated rings. The quantitative estimate of drug-likeness (QED) is 0.500. The second-order valence-electron chi connectivity index (χ2n) is 2.36. The molecule has 0 aliphatic carbocycles. The summed E-state index contributed by atoms with van der Waals surface area (Å²) in [5.74, 6) is -0.295. The zero-order valence-electron chi connectivity index (χ0n) is 8.25. The molecule has 0 radical (unpaired) electrons. The molecule has 0 saturated heterocycles. The molecule has 0 aromatic heterocycles. The number of ether oxygens (including phenoxy) is 1. The van der Waals surface area contributed by atoms with Gasteiger partial charge in [0.25, 0.3) is 0 Å². The fraction of sp³-hybridized carbons (Fsp3) is 0.667. The number of aliphatic hydroxyl groups is 2. The van der Waals surface area contributed by atoms with E-state index in [0.29, 0.717) is 12.2 Å². The van der Waals surface area contributed by atoms with Crippen LogP contribution in [0.25, 0.3) is 0 Å². The van der Waals surface area contributed by atoms with Gasteiger partial charge in [0.1, 0.15) is 0 Å². The van der Waals surface area contributed by atoms with Gasteiger partial charge in [0.2, 0.25) is 0 Å². The number of esters is 1. The van der Waals surface area contributed by atoms with E-state index in [9.17, 15) is 4.79 Å². The molecule has 0 amide bonds. The fourth-order valence-electron chi connectivity index (χ4n) is 0.318. The Bertz CT molecular complexity index is 141. The third kappa shape index (κ3) is 14.0. The Morgan fingerprint density at radius 1 is 1.38 bits per heavy atom. The molecule has 4 nitrogen and oxygen atoms in total. The standard InChI is InChI=1S/C7H12O2.C2H6O2/c1-4-5-9-7(8)6(2)3;3-1-2-4/h2,4-5H2,1,3H3;3-4H,1-2H2. The molecule has 0 aromatic rings. The van der Waals surface area contributed by atoms with E-state index in [1.54, 1.807) is 6.92 Å². The van der Waals surface area contributed by atoms with Crippen molar-refractivity contribution in [3.8, 4) is 0 Å². The molecule has 78 valence electrons. The molecule has 0 saturated carbocycles. The number of aliphatic hydroxyl groups excluding tert-OH is 2.